The highest BCUT2D eigenvalue weighted by Gasteiger charge is 1.99. The van der Waals surface area contributed by atoms with Crippen molar-refractivity contribution in [1.82, 2.24) is 15.0 Å². The topological polar surface area (TPSA) is 50.7 Å². The van der Waals surface area contributed by atoms with E-state index in [1.54, 1.807) is 17.5 Å². The maximum atomic E-state index is 4.26. The van der Waals surface area contributed by atoms with Crippen molar-refractivity contribution in [2.45, 2.75) is 20.4 Å². The first kappa shape index (κ1) is 10.0. The lowest BCUT2D eigenvalue weighted by molar-refractivity contribution is 1.04. The lowest BCUT2D eigenvalue weighted by atomic mass is 10.4. The average Bonchev–Trinajstić information content (AvgIpc) is 2.62. The van der Waals surface area contributed by atoms with E-state index in [9.17, 15) is 0 Å². The van der Waals surface area contributed by atoms with Gasteiger partial charge in [0.1, 0.15) is 0 Å². The van der Waals surface area contributed by atoms with Crippen LogP contribution in [0.3, 0.4) is 0 Å². The smallest absolute Gasteiger partial charge is 0.223 e. The Labute approximate surface area is 92.4 Å². The zero-order valence-corrected chi connectivity index (χ0v) is 9.51. The van der Waals surface area contributed by atoms with Gasteiger partial charge in [-0.15, -0.1) is 11.3 Å². The number of aryl methyl sites for hydroxylation is 2. The molecule has 0 aromatic carbocycles. The van der Waals surface area contributed by atoms with Crippen LogP contribution in [-0.2, 0) is 6.54 Å². The minimum absolute atomic E-state index is 0.668. The Morgan fingerprint density at radius 1 is 1.33 bits per heavy atom. The Hall–Kier alpha value is -1.49. The molecule has 0 atom stereocenters. The van der Waals surface area contributed by atoms with E-state index in [4.69, 9.17) is 0 Å². The van der Waals surface area contributed by atoms with E-state index in [0.29, 0.717) is 5.95 Å². The first-order chi connectivity index (χ1) is 7.24. The van der Waals surface area contributed by atoms with Gasteiger partial charge in [-0.05, 0) is 19.9 Å². The molecule has 0 fully saturated rings. The lowest BCUT2D eigenvalue weighted by Gasteiger charge is -2.02. The molecule has 78 valence electrons. The van der Waals surface area contributed by atoms with Crippen molar-refractivity contribution in [2.24, 2.45) is 0 Å². The molecule has 0 amide bonds. The third-order valence-corrected chi connectivity index (χ3v) is 2.80. The van der Waals surface area contributed by atoms with Gasteiger partial charge in [0, 0.05) is 23.0 Å². The van der Waals surface area contributed by atoms with E-state index >= 15 is 0 Å². The normalized spacial score (nSPS) is 10.3. The van der Waals surface area contributed by atoms with Crippen LogP contribution in [0.2, 0.25) is 0 Å². The number of nitrogens with one attached hydrogen (secondary N) is 1. The van der Waals surface area contributed by atoms with Crippen molar-refractivity contribution in [2.75, 3.05) is 5.32 Å². The second-order valence-corrected chi connectivity index (χ2v) is 4.54. The van der Waals surface area contributed by atoms with Crippen molar-refractivity contribution < 1.29 is 0 Å². The largest absolute Gasteiger partial charge is 0.349 e. The van der Waals surface area contributed by atoms with Crippen LogP contribution in [0, 0.1) is 13.8 Å². The van der Waals surface area contributed by atoms with Gasteiger partial charge in [-0.2, -0.15) is 0 Å². The molecule has 1 N–H and O–H groups in total. The van der Waals surface area contributed by atoms with Gasteiger partial charge >= 0.3 is 0 Å². The summed E-state index contributed by atoms with van der Waals surface area (Å²) in [5.41, 5.74) is 0.966. The molecule has 0 radical (unpaired) electrons. The van der Waals surface area contributed by atoms with Crippen LogP contribution in [0.4, 0.5) is 5.95 Å². The second-order valence-electron chi connectivity index (χ2n) is 3.22. The highest BCUT2D eigenvalue weighted by molar-refractivity contribution is 7.11. The first-order valence-corrected chi connectivity index (χ1v) is 5.50. The fourth-order valence-electron chi connectivity index (χ4n) is 1.19. The van der Waals surface area contributed by atoms with E-state index in [1.807, 2.05) is 26.1 Å². The summed E-state index contributed by atoms with van der Waals surface area (Å²) in [7, 11) is 0. The highest BCUT2D eigenvalue weighted by Crippen LogP contribution is 2.12. The fourth-order valence-corrected chi connectivity index (χ4v) is 1.92. The third-order valence-electron chi connectivity index (χ3n) is 1.88. The maximum absolute atomic E-state index is 4.26. The second kappa shape index (κ2) is 4.35. The molecule has 0 bridgehead atoms. The van der Waals surface area contributed by atoms with Gasteiger partial charge in [-0.25, -0.2) is 15.0 Å². The minimum Gasteiger partial charge on any atom is -0.349 e. The van der Waals surface area contributed by atoms with E-state index in [-0.39, 0.29) is 0 Å². The van der Waals surface area contributed by atoms with Crippen LogP contribution >= 0.6 is 11.3 Å². The van der Waals surface area contributed by atoms with Gasteiger partial charge < -0.3 is 5.32 Å². The van der Waals surface area contributed by atoms with Gasteiger partial charge in [0.25, 0.3) is 0 Å². The summed E-state index contributed by atoms with van der Waals surface area (Å²) < 4.78 is 0. The Morgan fingerprint density at radius 3 is 2.87 bits per heavy atom. The summed E-state index contributed by atoms with van der Waals surface area (Å²) in [6.07, 6.45) is 3.63. The van der Waals surface area contributed by atoms with Gasteiger partial charge in [-0.1, -0.05) is 0 Å². The van der Waals surface area contributed by atoms with Gasteiger partial charge in [-0.3, -0.25) is 0 Å². The highest BCUT2D eigenvalue weighted by atomic mass is 32.1. The Morgan fingerprint density at radius 2 is 2.20 bits per heavy atom. The van der Waals surface area contributed by atoms with Crippen molar-refractivity contribution in [1.29, 1.82) is 0 Å². The molecular formula is C10H12N4S. The minimum atomic E-state index is 0.668. The number of hydrogen-bond donors (Lipinski definition) is 1. The molecular weight excluding hydrogens is 208 g/mol. The Balaban J connectivity index is 1.99. The molecule has 5 heteroatoms. The van der Waals surface area contributed by atoms with Crippen LogP contribution in [0.15, 0.2) is 18.5 Å². The van der Waals surface area contributed by atoms with Gasteiger partial charge in [0.2, 0.25) is 5.95 Å². The summed E-state index contributed by atoms with van der Waals surface area (Å²) >= 11 is 1.68. The van der Waals surface area contributed by atoms with Crippen molar-refractivity contribution >= 4 is 17.3 Å². The zero-order valence-electron chi connectivity index (χ0n) is 8.69. The average molecular weight is 220 g/mol. The number of hydrogen-bond acceptors (Lipinski definition) is 5. The number of anilines is 1. The van der Waals surface area contributed by atoms with Crippen molar-refractivity contribution in [3.63, 3.8) is 0 Å². The molecule has 2 heterocycles. The fraction of sp³-hybridized carbons (Fsp3) is 0.300. The third kappa shape index (κ3) is 2.73. The summed E-state index contributed by atoms with van der Waals surface area (Å²) in [5.74, 6) is 0.668. The number of rotatable bonds is 3. The Kier molecular flexibility index (Phi) is 2.91. The molecule has 0 spiro atoms. The van der Waals surface area contributed by atoms with Crippen LogP contribution in [0.5, 0.6) is 0 Å². The van der Waals surface area contributed by atoms with E-state index < -0.39 is 0 Å². The summed E-state index contributed by atoms with van der Waals surface area (Å²) in [6.45, 7) is 4.68. The first-order valence-electron chi connectivity index (χ1n) is 4.69. The van der Waals surface area contributed by atoms with E-state index in [0.717, 1.165) is 17.2 Å². The molecule has 0 aliphatic carbocycles. The zero-order chi connectivity index (χ0) is 10.7. The predicted octanol–water partition coefficient (Wildman–Crippen LogP) is 2.16. The predicted molar refractivity (Wildman–Crippen MR) is 60.9 cm³/mol. The number of aromatic nitrogens is 3. The molecule has 2 aromatic heterocycles. The van der Waals surface area contributed by atoms with E-state index in [1.165, 1.54) is 4.88 Å². The van der Waals surface area contributed by atoms with Crippen molar-refractivity contribution in [3.8, 4) is 0 Å². The molecule has 0 saturated carbocycles. The maximum Gasteiger partial charge on any atom is 0.223 e. The molecule has 15 heavy (non-hydrogen) atoms. The van der Waals surface area contributed by atoms with E-state index in [2.05, 4.69) is 20.3 Å². The molecule has 2 rings (SSSR count). The summed E-state index contributed by atoms with van der Waals surface area (Å²) in [4.78, 5) is 13.8. The van der Waals surface area contributed by atoms with Crippen LogP contribution in [0.25, 0.3) is 0 Å². The summed E-state index contributed by atoms with van der Waals surface area (Å²) in [5, 5.41) is 4.24. The molecule has 0 saturated heterocycles. The molecule has 0 aliphatic rings. The van der Waals surface area contributed by atoms with Crippen LogP contribution < -0.4 is 5.32 Å². The van der Waals surface area contributed by atoms with Crippen LogP contribution in [-0.4, -0.2) is 15.0 Å². The van der Waals surface area contributed by atoms with Gasteiger partial charge in [0.15, 0.2) is 0 Å². The van der Waals surface area contributed by atoms with Crippen LogP contribution in [0.1, 0.15) is 15.6 Å². The van der Waals surface area contributed by atoms with Crippen molar-refractivity contribution in [3.05, 3.63) is 34.0 Å². The SMILES string of the molecule is Cc1ccnc(NCc2cnc(C)s2)n1. The molecule has 4 nitrogen and oxygen atoms in total. The standard InChI is InChI=1S/C10H12N4S/c1-7-3-4-11-10(14-7)13-6-9-5-12-8(2)15-9/h3-5H,6H2,1-2H3,(H,11,13,14). The number of nitrogens with zero attached hydrogens (tertiary/aromatic N) is 3. The quantitative estimate of drug-likeness (QED) is 0.861. The molecule has 0 aliphatic heterocycles. The monoisotopic (exact) mass is 220 g/mol. The molecule has 0 unspecified atom stereocenters. The lowest BCUT2D eigenvalue weighted by Crippen LogP contribution is -2.02. The van der Waals surface area contributed by atoms with Gasteiger partial charge in [0.05, 0.1) is 11.6 Å². The molecule has 2 aromatic rings. The summed E-state index contributed by atoms with van der Waals surface area (Å²) in [6, 6.07) is 1.88. The Bertz CT molecular complexity index is 452. The number of thiazole rings is 1.